The molecule has 0 bridgehead atoms. The highest BCUT2D eigenvalue weighted by molar-refractivity contribution is 5.62. The lowest BCUT2D eigenvalue weighted by molar-refractivity contribution is -0.134. The van der Waals surface area contributed by atoms with E-state index < -0.39 is 5.97 Å². The Kier molecular flexibility index (Phi) is 4.39. The molecule has 0 radical (unpaired) electrons. The van der Waals surface area contributed by atoms with Crippen LogP contribution in [0.5, 0.6) is 0 Å². The third kappa shape index (κ3) is 8.35. The predicted molar refractivity (Wildman–Crippen MR) is 39.8 cm³/mol. The van der Waals surface area contributed by atoms with Crippen LogP contribution in [0.15, 0.2) is 18.6 Å². The van der Waals surface area contributed by atoms with Gasteiger partial charge in [0.25, 0.3) is 5.97 Å². The Bertz CT molecular complexity index is 208. The van der Waals surface area contributed by atoms with Crippen LogP contribution in [0.2, 0.25) is 0 Å². The second kappa shape index (κ2) is 5.16. The molecule has 1 rings (SSSR count). The highest BCUT2D eigenvalue weighted by Gasteiger charge is 1.74. The maximum atomic E-state index is 9.00. The number of nitrogens with two attached hydrogens (primary N) is 1. The summed E-state index contributed by atoms with van der Waals surface area (Å²) in [5.41, 5.74) is 5.21. The van der Waals surface area contributed by atoms with Gasteiger partial charge in [-0.3, -0.25) is 4.79 Å². The molecule has 0 aliphatic heterocycles. The van der Waals surface area contributed by atoms with Gasteiger partial charge >= 0.3 is 0 Å². The highest BCUT2D eigenvalue weighted by atomic mass is 16.4. The second-order valence-corrected chi connectivity index (χ2v) is 1.65. The fourth-order valence-electron chi connectivity index (χ4n) is 0.301. The van der Waals surface area contributed by atoms with Crippen molar-refractivity contribution < 1.29 is 9.90 Å². The van der Waals surface area contributed by atoms with Gasteiger partial charge in [0.2, 0.25) is 0 Å². The van der Waals surface area contributed by atoms with Crippen molar-refractivity contribution >= 4 is 11.8 Å². The second-order valence-electron chi connectivity index (χ2n) is 1.65. The summed E-state index contributed by atoms with van der Waals surface area (Å²) in [5.74, 6) is -0.324. The first-order valence-electron chi connectivity index (χ1n) is 2.84. The van der Waals surface area contributed by atoms with Gasteiger partial charge in [0, 0.05) is 13.1 Å². The number of aromatic nitrogens is 2. The summed E-state index contributed by atoms with van der Waals surface area (Å²) in [6.07, 6.45) is 3.01. The van der Waals surface area contributed by atoms with Gasteiger partial charge in [-0.15, -0.1) is 0 Å². The number of aliphatic carboxylic acids is 1. The van der Waals surface area contributed by atoms with Crippen molar-refractivity contribution in [2.24, 2.45) is 0 Å². The largest absolute Gasteiger partial charge is 0.481 e. The van der Waals surface area contributed by atoms with E-state index in [1.165, 1.54) is 6.33 Å². The first kappa shape index (κ1) is 9.35. The minimum Gasteiger partial charge on any atom is -0.481 e. The van der Waals surface area contributed by atoms with Crippen molar-refractivity contribution in [2.75, 3.05) is 5.73 Å². The Hall–Kier alpha value is -1.65. The fourth-order valence-corrected chi connectivity index (χ4v) is 0.301. The Balaban J connectivity index is 0.000000218. The van der Waals surface area contributed by atoms with E-state index in [0.29, 0.717) is 5.82 Å². The molecular weight excluding hydrogens is 146 g/mol. The molecule has 60 valence electrons. The molecule has 5 nitrogen and oxygen atoms in total. The van der Waals surface area contributed by atoms with Gasteiger partial charge < -0.3 is 10.8 Å². The van der Waals surface area contributed by atoms with Crippen LogP contribution in [0.4, 0.5) is 5.82 Å². The molecule has 0 aliphatic rings. The normalized spacial score (nSPS) is 7.73. The molecule has 0 unspecified atom stereocenters. The molecule has 0 aliphatic carbocycles. The van der Waals surface area contributed by atoms with E-state index in [2.05, 4.69) is 9.97 Å². The Labute approximate surface area is 63.9 Å². The molecular formula is C6H9N3O2. The Morgan fingerprint density at radius 3 is 2.45 bits per heavy atom. The predicted octanol–water partition coefficient (Wildman–Crippen LogP) is 0.150. The van der Waals surface area contributed by atoms with Gasteiger partial charge in [0.05, 0.1) is 0 Å². The van der Waals surface area contributed by atoms with Crippen LogP contribution in [0.25, 0.3) is 0 Å². The lowest BCUT2D eigenvalue weighted by atomic mass is 10.6. The van der Waals surface area contributed by atoms with Gasteiger partial charge in [-0.25, -0.2) is 9.97 Å². The number of hydrogen-bond acceptors (Lipinski definition) is 4. The molecule has 1 heterocycles. The molecule has 0 fully saturated rings. The van der Waals surface area contributed by atoms with E-state index in [4.69, 9.17) is 15.6 Å². The van der Waals surface area contributed by atoms with Crippen LogP contribution in [-0.4, -0.2) is 21.0 Å². The molecule has 1 aromatic rings. The van der Waals surface area contributed by atoms with E-state index in [1.54, 1.807) is 12.3 Å². The van der Waals surface area contributed by atoms with E-state index in [0.717, 1.165) is 6.92 Å². The number of anilines is 1. The Morgan fingerprint density at radius 2 is 2.27 bits per heavy atom. The summed E-state index contributed by atoms with van der Waals surface area (Å²) >= 11 is 0. The van der Waals surface area contributed by atoms with Crippen molar-refractivity contribution in [3.05, 3.63) is 18.6 Å². The molecule has 3 N–H and O–H groups in total. The van der Waals surface area contributed by atoms with Crippen molar-refractivity contribution in [3.8, 4) is 0 Å². The van der Waals surface area contributed by atoms with Crippen LogP contribution in [0.1, 0.15) is 6.92 Å². The maximum absolute atomic E-state index is 9.00. The van der Waals surface area contributed by atoms with Gasteiger partial charge in [0.1, 0.15) is 12.1 Å². The van der Waals surface area contributed by atoms with Crippen molar-refractivity contribution in [1.82, 2.24) is 9.97 Å². The average Bonchev–Trinajstić information content (AvgIpc) is 1.87. The number of hydrogen-bond donors (Lipinski definition) is 2. The van der Waals surface area contributed by atoms with Crippen molar-refractivity contribution in [3.63, 3.8) is 0 Å². The van der Waals surface area contributed by atoms with Crippen molar-refractivity contribution in [2.45, 2.75) is 6.92 Å². The zero-order valence-electron chi connectivity index (χ0n) is 6.06. The van der Waals surface area contributed by atoms with E-state index >= 15 is 0 Å². The standard InChI is InChI=1S/C4H5N3.C2H4O2/c5-4-1-2-6-3-7-4;1-2(3)4/h1-3H,(H2,5,6,7);1H3,(H,3,4). The van der Waals surface area contributed by atoms with E-state index in [9.17, 15) is 0 Å². The minimum absolute atomic E-state index is 0.509. The monoisotopic (exact) mass is 155 g/mol. The molecule has 5 heteroatoms. The van der Waals surface area contributed by atoms with Gasteiger partial charge in [-0.05, 0) is 6.07 Å². The number of carbonyl (C=O) groups is 1. The highest BCUT2D eigenvalue weighted by Crippen LogP contribution is 1.85. The van der Waals surface area contributed by atoms with Crippen LogP contribution < -0.4 is 5.73 Å². The van der Waals surface area contributed by atoms with Crippen molar-refractivity contribution in [1.29, 1.82) is 0 Å². The first-order valence-corrected chi connectivity index (χ1v) is 2.84. The quantitative estimate of drug-likeness (QED) is 0.556. The zero-order chi connectivity index (χ0) is 8.69. The number of nitrogen functional groups attached to an aromatic ring is 1. The van der Waals surface area contributed by atoms with Gasteiger partial charge in [0.15, 0.2) is 0 Å². The topological polar surface area (TPSA) is 89.1 Å². The first-order chi connectivity index (χ1) is 5.13. The summed E-state index contributed by atoms with van der Waals surface area (Å²) < 4.78 is 0. The van der Waals surface area contributed by atoms with E-state index in [1.807, 2.05) is 0 Å². The molecule has 0 spiro atoms. The van der Waals surface area contributed by atoms with Gasteiger partial charge in [-0.1, -0.05) is 0 Å². The van der Waals surface area contributed by atoms with Crippen LogP contribution in [-0.2, 0) is 4.79 Å². The zero-order valence-corrected chi connectivity index (χ0v) is 6.06. The number of carboxylic acid groups (broad SMARTS) is 1. The lowest BCUT2D eigenvalue weighted by Crippen LogP contribution is -1.87. The fraction of sp³-hybridized carbons (Fsp3) is 0.167. The SMILES string of the molecule is CC(=O)O.Nc1ccncn1. The van der Waals surface area contributed by atoms with Crippen LogP contribution in [0.3, 0.4) is 0 Å². The Morgan fingerprint density at radius 1 is 1.73 bits per heavy atom. The summed E-state index contributed by atoms with van der Waals surface area (Å²) in [7, 11) is 0. The molecule has 0 amide bonds. The molecule has 0 saturated carbocycles. The molecule has 1 aromatic heterocycles. The van der Waals surface area contributed by atoms with Gasteiger partial charge in [-0.2, -0.15) is 0 Å². The molecule has 0 atom stereocenters. The number of carboxylic acids is 1. The minimum atomic E-state index is -0.833. The maximum Gasteiger partial charge on any atom is 0.300 e. The summed E-state index contributed by atoms with van der Waals surface area (Å²) in [6, 6.07) is 1.64. The summed E-state index contributed by atoms with van der Waals surface area (Å²) in [4.78, 5) is 16.3. The van der Waals surface area contributed by atoms with Crippen LogP contribution in [0, 0.1) is 0 Å². The molecule has 0 aromatic carbocycles. The third-order valence-corrected chi connectivity index (χ3v) is 0.605. The smallest absolute Gasteiger partial charge is 0.300 e. The van der Waals surface area contributed by atoms with Crippen LogP contribution >= 0.6 is 0 Å². The molecule has 0 saturated heterocycles. The number of nitrogens with zero attached hydrogens (tertiary/aromatic N) is 2. The molecule has 11 heavy (non-hydrogen) atoms. The summed E-state index contributed by atoms with van der Waals surface area (Å²) in [5, 5.41) is 7.42. The summed E-state index contributed by atoms with van der Waals surface area (Å²) in [6.45, 7) is 1.08. The average molecular weight is 155 g/mol. The van der Waals surface area contributed by atoms with E-state index in [-0.39, 0.29) is 0 Å². The third-order valence-electron chi connectivity index (χ3n) is 0.605. The number of rotatable bonds is 0. The lowest BCUT2D eigenvalue weighted by Gasteiger charge is -1.82.